The monoisotopic (exact) mass is 487 g/mol. The largest absolute Gasteiger partial charge is 0.369 e. The van der Waals surface area contributed by atoms with Crippen molar-refractivity contribution in [2.45, 2.75) is 65.5 Å². The number of rotatable bonds is 7. The van der Waals surface area contributed by atoms with E-state index >= 15 is 0 Å². The molecule has 0 radical (unpaired) electrons. The van der Waals surface area contributed by atoms with Gasteiger partial charge in [-0.3, -0.25) is 14.9 Å². The van der Waals surface area contributed by atoms with Gasteiger partial charge in [0.2, 0.25) is 0 Å². The Kier molecular flexibility index (Phi) is 6.64. The van der Waals surface area contributed by atoms with Crippen LogP contribution in [0.5, 0.6) is 0 Å². The second kappa shape index (κ2) is 9.60. The van der Waals surface area contributed by atoms with Crippen LogP contribution in [-0.2, 0) is 0 Å². The topological polar surface area (TPSA) is 83.4 Å². The van der Waals surface area contributed by atoms with Crippen LogP contribution in [0, 0.1) is 10.8 Å². The minimum absolute atomic E-state index is 0.0837. The van der Waals surface area contributed by atoms with Crippen LogP contribution in [-0.4, -0.2) is 70.6 Å². The molecule has 192 valence electrons. The Labute approximate surface area is 215 Å². The normalized spacial score (nSPS) is 21.6. The zero-order valence-corrected chi connectivity index (χ0v) is 22.5. The van der Waals surface area contributed by atoms with Gasteiger partial charge in [-0.1, -0.05) is 13.0 Å². The van der Waals surface area contributed by atoms with Gasteiger partial charge in [0.1, 0.15) is 5.69 Å². The maximum absolute atomic E-state index is 7.76. The molecule has 0 atom stereocenters. The Hall–Kier alpha value is -2.77. The maximum Gasteiger partial charge on any atom is 0.109 e. The lowest BCUT2D eigenvalue weighted by Crippen LogP contribution is -2.69. The molecule has 5 rings (SSSR count). The van der Waals surface area contributed by atoms with Crippen LogP contribution in [0.1, 0.15) is 71.1 Å². The highest BCUT2D eigenvalue weighted by Gasteiger charge is 2.49. The Bertz CT molecular complexity index is 1230. The summed E-state index contributed by atoms with van der Waals surface area (Å²) in [5.41, 5.74) is 7.68. The molecule has 5 heterocycles. The van der Waals surface area contributed by atoms with E-state index in [1.807, 2.05) is 25.4 Å². The van der Waals surface area contributed by atoms with Crippen molar-refractivity contribution < 1.29 is 0 Å². The fourth-order valence-corrected chi connectivity index (χ4v) is 6.11. The lowest BCUT2D eigenvalue weighted by Gasteiger charge is -2.59. The van der Waals surface area contributed by atoms with Crippen molar-refractivity contribution in [3.63, 3.8) is 0 Å². The first-order chi connectivity index (χ1) is 17.3. The van der Waals surface area contributed by atoms with Gasteiger partial charge >= 0.3 is 0 Å². The molecule has 2 aromatic rings. The summed E-state index contributed by atoms with van der Waals surface area (Å²) in [5.74, 6) is 0. The quantitative estimate of drug-likeness (QED) is 0.470. The molecule has 2 saturated heterocycles. The van der Waals surface area contributed by atoms with Gasteiger partial charge in [-0.25, -0.2) is 0 Å². The van der Waals surface area contributed by atoms with E-state index in [9.17, 15) is 0 Å². The highest BCUT2D eigenvalue weighted by atomic mass is 15.4. The van der Waals surface area contributed by atoms with Gasteiger partial charge in [0, 0.05) is 48.3 Å². The highest BCUT2D eigenvalue weighted by molar-refractivity contribution is 6.16. The molecule has 3 aliphatic rings. The molecule has 1 spiro atoms. The predicted molar refractivity (Wildman–Crippen MR) is 150 cm³/mol. The van der Waals surface area contributed by atoms with Gasteiger partial charge in [0.15, 0.2) is 0 Å². The molecule has 0 unspecified atom stereocenters. The van der Waals surface area contributed by atoms with Gasteiger partial charge in [0.25, 0.3) is 0 Å². The molecule has 0 bridgehead atoms. The van der Waals surface area contributed by atoms with Gasteiger partial charge in [0.05, 0.1) is 22.6 Å². The number of likely N-dealkylation sites (tertiary alicyclic amines) is 2. The van der Waals surface area contributed by atoms with Gasteiger partial charge < -0.3 is 20.6 Å². The van der Waals surface area contributed by atoms with Crippen molar-refractivity contribution in [1.29, 1.82) is 5.41 Å². The summed E-state index contributed by atoms with van der Waals surface area (Å²) < 4.78 is 0. The molecule has 3 aliphatic heterocycles. The number of aromatic nitrogens is 2. The zero-order chi connectivity index (χ0) is 25.5. The van der Waals surface area contributed by atoms with Crippen molar-refractivity contribution in [3.8, 4) is 0 Å². The Morgan fingerprint density at radius 1 is 1.25 bits per heavy atom. The van der Waals surface area contributed by atoms with Crippen molar-refractivity contribution in [1.82, 2.24) is 25.1 Å². The van der Waals surface area contributed by atoms with E-state index in [-0.39, 0.29) is 5.66 Å². The summed E-state index contributed by atoms with van der Waals surface area (Å²) in [6.45, 7) is 13.6. The molecule has 36 heavy (non-hydrogen) atoms. The summed E-state index contributed by atoms with van der Waals surface area (Å²) >= 11 is 0. The standard InChI is InChI=1S/C29H41N7/c1-6-20(16-30)22-17-32-27(26-21(22)10-13-31-26)25-9-8-24(23(7-2)33-25)34-28(3,4)36-18-29(19-36)11-14-35(5)15-12-29/h6,10,13,16-17,30-31,34H,7-9,11-12,14-15,18-19H2,1-5H3/b20-6+,30-16?. The van der Waals surface area contributed by atoms with Crippen LogP contribution < -0.4 is 5.32 Å². The number of allylic oxidation sites excluding steroid dienone is 4. The number of aliphatic imine (C=N–C) groups is 1. The van der Waals surface area contributed by atoms with E-state index in [1.165, 1.54) is 50.9 Å². The number of piperidine rings is 1. The van der Waals surface area contributed by atoms with Crippen LogP contribution in [0.2, 0.25) is 0 Å². The zero-order valence-electron chi connectivity index (χ0n) is 22.5. The highest BCUT2D eigenvalue weighted by Crippen LogP contribution is 2.43. The molecule has 2 aromatic heterocycles. The molecule has 0 aromatic carbocycles. The molecule has 0 aliphatic carbocycles. The number of nitrogens with one attached hydrogen (secondary N) is 3. The number of pyridine rings is 1. The van der Waals surface area contributed by atoms with Crippen molar-refractivity contribution in [2.24, 2.45) is 10.4 Å². The molecular weight excluding hydrogens is 446 g/mol. The van der Waals surface area contributed by atoms with Crippen LogP contribution in [0.15, 0.2) is 40.9 Å². The molecule has 3 N–H and O–H groups in total. The van der Waals surface area contributed by atoms with Crippen molar-refractivity contribution in [2.75, 3.05) is 33.2 Å². The molecule has 2 fully saturated rings. The predicted octanol–water partition coefficient (Wildman–Crippen LogP) is 5.17. The molecule has 0 saturated carbocycles. The smallest absolute Gasteiger partial charge is 0.109 e. The van der Waals surface area contributed by atoms with E-state index in [1.54, 1.807) is 0 Å². The molecule has 0 amide bonds. The SMILES string of the molecule is C/C=C(\C=N)c1cnc(C2=NC(CC)=C(NC(C)(C)N3CC4(CCN(C)CC4)C3)CC2)c2[nH]ccc12. The summed E-state index contributed by atoms with van der Waals surface area (Å²) in [6, 6.07) is 2.07. The number of H-pyrrole nitrogens is 1. The fourth-order valence-electron chi connectivity index (χ4n) is 6.11. The molecular formula is C29H41N7. The number of hydrogen-bond donors (Lipinski definition) is 3. The average molecular weight is 488 g/mol. The van der Waals surface area contributed by atoms with Crippen molar-refractivity contribution >= 4 is 28.4 Å². The second-order valence-electron chi connectivity index (χ2n) is 11.4. The Balaban J connectivity index is 1.37. The minimum Gasteiger partial charge on any atom is -0.369 e. The first-order valence-electron chi connectivity index (χ1n) is 13.4. The number of aromatic amines is 1. The Morgan fingerprint density at radius 3 is 2.67 bits per heavy atom. The molecule has 7 heteroatoms. The third-order valence-corrected chi connectivity index (χ3v) is 8.56. The number of hydrogen-bond acceptors (Lipinski definition) is 6. The second-order valence-corrected chi connectivity index (χ2v) is 11.4. The third-order valence-electron chi connectivity index (χ3n) is 8.56. The summed E-state index contributed by atoms with van der Waals surface area (Å²) in [7, 11) is 2.24. The van der Waals surface area contributed by atoms with Crippen LogP contribution in [0.4, 0.5) is 0 Å². The first kappa shape index (κ1) is 24.9. The van der Waals surface area contributed by atoms with Crippen molar-refractivity contribution in [3.05, 3.63) is 47.2 Å². The number of nitrogens with zero attached hydrogens (tertiary/aromatic N) is 4. The van der Waals surface area contributed by atoms with E-state index in [0.29, 0.717) is 5.41 Å². The van der Waals surface area contributed by atoms with E-state index in [2.05, 4.69) is 54.0 Å². The van der Waals surface area contributed by atoms with E-state index in [0.717, 1.165) is 58.4 Å². The van der Waals surface area contributed by atoms with Crippen LogP contribution >= 0.6 is 0 Å². The van der Waals surface area contributed by atoms with E-state index in [4.69, 9.17) is 15.4 Å². The van der Waals surface area contributed by atoms with E-state index < -0.39 is 0 Å². The average Bonchev–Trinajstić information content (AvgIpc) is 3.34. The van der Waals surface area contributed by atoms with Gasteiger partial charge in [-0.2, -0.15) is 0 Å². The Morgan fingerprint density at radius 2 is 2.00 bits per heavy atom. The van der Waals surface area contributed by atoms with Gasteiger partial charge in [-0.15, -0.1) is 0 Å². The lowest BCUT2D eigenvalue weighted by molar-refractivity contribution is -0.101. The fraction of sp³-hybridized carbons (Fsp3) is 0.552. The van der Waals surface area contributed by atoms with Crippen LogP contribution in [0.3, 0.4) is 0 Å². The first-order valence-corrected chi connectivity index (χ1v) is 13.4. The summed E-state index contributed by atoms with van der Waals surface area (Å²) in [4.78, 5) is 18.4. The lowest BCUT2D eigenvalue weighted by atomic mass is 9.71. The third kappa shape index (κ3) is 4.43. The molecule has 7 nitrogen and oxygen atoms in total. The summed E-state index contributed by atoms with van der Waals surface area (Å²) in [5, 5.41) is 12.7. The van der Waals surface area contributed by atoms with Gasteiger partial charge in [-0.05, 0) is 90.1 Å². The maximum atomic E-state index is 7.76. The number of fused-ring (bicyclic) bond motifs is 1. The summed E-state index contributed by atoms with van der Waals surface area (Å²) in [6.07, 6.45) is 12.5. The minimum atomic E-state index is -0.0837. The van der Waals surface area contributed by atoms with Crippen LogP contribution in [0.25, 0.3) is 16.5 Å².